The van der Waals surface area contributed by atoms with Crippen LogP contribution in [0.4, 0.5) is 4.39 Å². The van der Waals surface area contributed by atoms with Gasteiger partial charge in [-0.1, -0.05) is 6.07 Å². The first-order valence-corrected chi connectivity index (χ1v) is 5.23. The fourth-order valence-corrected chi connectivity index (χ4v) is 1.53. The molecule has 1 aliphatic rings. The molecule has 88 valence electrons. The van der Waals surface area contributed by atoms with Gasteiger partial charge < -0.3 is 10.1 Å². The van der Waals surface area contributed by atoms with Gasteiger partial charge in [0.2, 0.25) is 0 Å². The maximum Gasteiger partial charge on any atom is 0.252 e. The quantitative estimate of drug-likeness (QED) is 0.801. The molecule has 0 radical (unpaired) electrons. The summed E-state index contributed by atoms with van der Waals surface area (Å²) in [4.78, 5) is 11.4. The minimum atomic E-state index is -0.492. The van der Waals surface area contributed by atoms with E-state index in [0.29, 0.717) is 12.2 Å². The molecule has 1 N–H and O–H groups in total. The molecule has 1 heterocycles. The number of carbonyl (C=O) groups is 1. The minimum Gasteiger partial charge on any atom is -0.363 e. The molecule has 2 atom stereocenters. The summed E-state index contributed by atoms with van der Waals surface area (Å²) >= 11 is 0. The van der Waals surface area contributed by atoms with Crippen molar-refractivity contribution < 1.29 is 13.9 Å². The van der Waals surface area contributed by atoms with Crippen molar-refractivity contribution in [3.8, 4) is 6.07 Å². The number of benzene rings is 1. The summed E-state index contributed by atoms with van der Waals surface area (Å²) in [6, 6.07) is 5.60. The molecule has 1 amide bonds. The highest BCUT2D eigenvalue weighted by atomic mass is 19.1. The lowest BCUT2D eigenvalue weighted by atomic mass is 10.1. The molecule has 5 heteroatoms. The van der Waals surface area contributed by atoms with Crippen molar-refractivity contribution in [1.29, 1.82) is 5.26 Å². The third-order valence-corrected chi connectivity index (χ3v) is 2.58. The fourth-order valence-electron chi connectivity index (χ4n) is 1.53. The highest BCUT2D eigenvalue weighted by Gasteiger charge is 2.32. The Kier molecular flexibility index (Phi) is 3.07. The van der Waals surface area contributed by atoms with Gasteiger partial charge in [-0.15, -0.1) is 0 Å². The molecule has 0 spiro atoms. The van der Waals surface area contributed by atoms with Crippen LogP contribution in [0.5, 0.6) is 0 Å². The molecule has 0 aliphatic carbocycles. The van der Waals surface area contributed by atoms with Gasteiger partial charge in [-0.2, -0.15) is 5.26 Å². The van der Waals surface area contributed by atoms with E-state index in [1.165, 1.54) is 12.1 Å². The van der Waals surface area contributed by atoms with Gasteiger partial charge in [-0.3, -0.25) is 4.79 Å². The van der Waals surface area contributed by atoms with E-state index in [2.05, 4.69) is 5.32 Å². The monoisotopic (exact) mass is 234 g/mol. The molecule has 0 bridgehead atoms. The molecule has 2 unspecified atom stereocenters. The lowest BCUT2D eigenvalue weighted by molar-refractivity contribution is -0.122. The molecule has 1 aromatic carbocycles. The topological polar surface area (TPSA) is 65.4 Å². The minimum absolute atomic E-state index is 0.235. The summed E-state index contributed by atoms with van der Waals surface area (Å²) in [5.74, 6) is -0.727. The van der Waals surface area contributed by atoms with Gasteiger partial charge in [0.1, 0.15) is 5.82 Å². The Bertz CT molecular complexity index is 492. The highest BCUT2D eigenvalue weighted by molar-refractivity contribution is 5.83. The SMILES string of the molecule is CC(NC(=O)C1CO1)c1ccc(C#N)cc1F. The van der Waals surface area contributed by atoms with Crippen LogP contribution in [0.15, 0.2) is 18.2 Å². The summed E-state index contributed by atoms with van der Waals surface area (Å²) in [7, 11) is 0. The van der Waals surface area contributed by atoms with Crippen LogP contribution >= 0.6 is 0 Å². The number of epoxide rings is 1. The first-order valence-electron chi connectivity index (χ1n) is 5.23. The summed E-state index contributed by atoms with van der Waals surface area (Å²) in [5.41, 5.74) is 0.619. The van der Waals surface area contributed by atoms with E-state index in [1.807, 2.05) is 6.07 Å². The van der Waals surface area contributed by atoms with Gasteiger partial charge in [0, 0.05) is 5.56 Å². The largest absolute Gasteiger partial charge is 0.363 e. The number of nitrogens with one attached hydrogen (secondary N) is 1. The van der Waals surface area contributed by atoms with Crippen molar-refractivity contribution in [3.05, 3.63) is 35.1 Å². The van der Waals surface area contributed by atoms with Crippen LogP contribution in [-0.4, -0.2) is 18.6 Å². The van der Waals surface area contributed by atoms with Crippen molar-refractivity contribution in [3.63, 3.8) is 0 Å². The molecule has 1 aliphatic heterocycles. The van der Waals surface area contributed by atoms with Crippen LogP contribution in [0.1, 0.15) is 24.1 Å². The number of hydrogen-bond acceptors (Lipinski definition) is 3. The maximum absolute atomic E-state index is 13.6. The van der Waals surface area contributed by atoms with Crippen LogP contribution in [-0.2, 0) is 9.53 Å². The molecular formula is C12H11FN2O2. The van der Waals surface area contributed by atoms with Crippen LogP contribution in [0.3, 0.4) is 0 Å². The first kappa shape index (κ1) is 11.6. The second-order valence-corrected chi connectivity index (χ2v) is 3.90. The number of ether oxygens (including phenoxy) is 1. The molecule has 4 nitrogen and oxygen atoms in total. The van der Waals surface area contributed by atoms with Gasteiger partial charge >= 0.3 is 0 Å². The number of rotatable bonds is 3. The maximum atomic E-state index is 13.6. The Morgan fingerprint density at radius 1 is 1.71 bits per heavy atom. The zero-order chi connectivity index (χ0) is 12.4. The lowest BCUT2D eigenvalue weighted by Gasteiger charge is -2.14. The molecule has 1 saturated heterocycles. The number of nitrogens with zero attached hydrogens (tertiary/aromatic N) is 1. The number of hydrogen-bond donors (Lipinski definition) is 1. The summed E-state index contributed by atoms with van der Waals surface area (Å²) in [5, 5.41) is 11.3. The first-order chi connectivity index (χ1) is 8.11. The second kappa shape index (κ2) is 4.52. The third-order valence-electron chi connectivity index (χ3n) is 2.58. The Morgan fingerprint density at radius 2 is 2.41 bits per heavy atom. The molecule has 1 aromatic rings. The van der Waals surface area contributed by atoms with Crippen LogP contribution in [0, 0.1) is 17.1 Å². The summed E-state index contributed by atoms with van der Waals surface area (Å²) in [6.07, 6.45) is -0.390. The third kappa shape index (κ3) is 2.60. The van der Waals surface area contributed by atoms with Gasteiger partial charge in [0.05, 0.1) is 24.3 Å². The fraction of sp³-hybridized carbons (Fsp3) is 0.333. The zero-order valence-corrected chi connectivity index (χ0v) is 9.24. The number of halogens is 1. The summed E-state index contributed by atoms with van der Waals surface area (Å²) in [6.45, 7) is 2.11. The van der Waals surface area contributed by atoms with Gasteiger partial charge in [0.15, 0.2) is 6.10 Å². The van der Waals surface area contributed by atoms with Crippen molar-refractivity contribution >= 4 is 5.91 Å². The molecule has 1 fully saturated rings. The summed E-state index contributed by atoms with van der Waals surface area (Å²) < 4.78 is 18.4. The van der Waals surface area contributed by atoms with E-state index < -0.39 is 11.9 Å². The van der Waals surface area contributed by atoms with E-state index in [9.17, 15) is 9.18 Å². The van der Waals surface area contributed by atoms with E-state index in [0.717, 1.165) is 6.07 Å². The molecule has 17 heavy (non-hydrogen) atoms. The van der Waals surface area contributed by atoms with E-state index in [1.54, 1.807) is 6.92 Å². The average Bonchev–Trinajstić information content (AvgIpc) is 3.12. The van der Waals surface area contributed by atoms with E-state index in [-0.39, 0.29) is 17.6 Å². The Hall–Kier alpha value is -1.93. The Morgan fingerprint density at radius 3 is 2.94 bits per heavy atom. The second-order valence-electron chi connectivity index (χ2n) is 3.90. The molecule has 0 aromatic heterocycles. The average molecular weight is 234 g/mol. The Balaban J connectivity index is 2.10. The van der Waals surface area contributed by atoms with Crippen molar-refractivity contribution in [2.45, 2.75) is 19.1 Å². The number of amides is 1. The molecular weight excluding hydrogens is 223 g/mol. The standard InChI is InChI=1S/C12H11FN2O2/c1-7(15-12(16)11-6-17-11)9-3-2-8(5-14)4-10(9)13/h2-4,7,11H,6H2,1H3,(H,15,16). The van der Waals surface area contributed by atoms with Crippen LogP contribution < -0.4 is 5.32 Å². The van der Waals surface area contributed by atoms with Gasteiger partial charge in [-0.25, -0.2) is 4.39 Å². The number of carbonyl (C=O) groups excluding carboxylic acids is 1. The zero-order valence-electron chi connectivity index (χ0n) is 9.24. The highest BCUT2D eigenvalue weighted by Crippen LogP contribution is 2.19. The molecule has 0 saturated carbocycles. The normalized spacial score (nSPS) is 19.2. The van der Waals surface area contributed by atoms with Gasteiger partial charge in [-0.05, 0) is 19.1 Å². The smallest absolute Gasteiger partial charge is 0.252 e. The van der Waals surface area contributed by atoms with E-state index >= 15 is 0 Å². The van der Waals surface area contributed by atoms with Gasteiger partial charge in [0.25, 0.3) is 5.91 Å². The van der Waals surface area contributed by atoms with Crippen molar-refractivity contribution in [1.82, 2.24) is 5.32 Å². The predicted molar refractivity (Wildman–Crippen MR) is 57.4 cm³/mol. The number of nitriles is 1. The van der Waals surface area contributed by atoms with Crippen LogP contribution in [0.2, 0.25) is 0 Å². The van der Waals surface area contributed by atoms with E-state index in [4.69, 9.17) is 10.00 Å². The lowest BCUT2D eigenvalue weighted by Crippen LogP contribution is -2.31. The van der Waals surface area contributed by atoms with Crippen molar-refractivity contribution in [2.24, 2.45) is 0 Å². The predicted octanol–water partition coefficient (Wildman–Crippen LogP) is 1.27. The Labute approximate surface area is 98.0 Å². The van der Waals surface area contributed by atoms with Crippen molar-refractivity contribution in [2.75, 3.05) is 6.61 Å². The molecule has 2 rings (SSSR count). The van der Waals surface area contributed by atoms with Crippen LogP contribution in [0.25, 0.3) is 0 Å².